The molecule has 1 fully saturated rings. The van der Waals surface area contributed by atoms with Crippen molar-refractivity contribution in [1.82, 2.24) is 14.7 Å². The van der Waals surface area contributed by atoms with Crippen LogP contribution in [0.5, 0.6) is 0 Å². The van der Waals surface area contributed by atoms with E-state index in [0.29, 0.717) is 0 Å². The van der Waals surface area contributed by atoms with Crippen molar-refractivity contribution < 1.29 is 0 Å². The molecular formula is C12H23N5. The Kier molecular flexibility index (Phi) is 3.57. The van der Waals surface area contributed by atoms with Gasteiger partial charge in [0.15, 0.2) is 5.82 Å². The quantitative estimate of drug-likeness (QED) is 0.850. The molecular weight excluding hydrogens is 214 g/mol. The molecule has 0 aliphatic carbocycles. The van der Waals surface area contributed by atoms with E-state index in [9.17, 15) is 0 Å². The summed E-state index contributed by atoms with van der Waals surface area (Å²) < 4.78 is 2.07. The van der Waals surface area contributed by atoms with Crippen molar-refractivity contribution in [2.75, 3.05) is 43.9 Å². The molecule has 1 aromatic rings. The number of hydrogen-bond donors (Lipinski definition) is 1. The first-order valence-corrected chi connectivity index (χ1v) is 6.39. The van der Waals surface area contributed by atoms with Gasteiger partial charge in [-0.1, -0.05) is 6.92 Å². The maximum absolute atomic E-state index is 6.16. The zero-order chi connectivity index (χ0) is 12.4. The highest BCUT2D eigenvalue weighted by atomic mass is 15.4. The Hall–Kier alpha value is -1.23. The molecule has 1 saturated heterocycles. The second-order valence-corrected chi connectivity index (χ2v) is 4.84. The zero-order valence-corrected chi connectivity index (χ0v) is 11.1. The van der Waals surface area contributed by atoms with Crippen molar-refractivity contribution in [3.05, 3.63) is 5.69 Å². The highest BCUT2D eigenvalue weighted by Crippen LogP contribution is 2.27. The van der Waals surface area contributed by atoms with E-state index < -0.39 is 0 Å². The van der Waals surface area contributed by atoms with Gasteiger partial charge in [0.25, 0.3) is 0 Å². The largest absolute Gasteiger partial charge is 0.394 e. The average Bonchev–Trinajstić information content (AvgIpc) is 2.57. The van der Waals surface area contributed by atoms with Gasteiger partial charge in [-0.2, -0.15) is 5.10 Å². The summed E-state index contributed by atoms with van der Waals surface area (Å²) in [6.07, 6.45) is 1.08. The number of rotatable bonds is 3. The van der Waals surface area contributed by atoms with Gasteiger partial charge < -0.3 is 15.5 Å². The second kappa shape index (κ2) is 4.96. The Morgan fingerprint density at radius 2 is 1.88 bits per heavy atom. The summed E-state index contributed by atoms with van der Waals surface area (Å²) >= 11 is 0. The van der Waals surface area contributed by atoms with Crippen LogP contribution < -0.4 is 10.6 Å². The molecule has 0 amide bonds. The number of piperazine rings is 1. The van der Waals surface area contributed by atoms with Crippen LogP contribution in [0.1, 0.15) is 19.0 Å². The van der Waals surface area contributed by atoms with E-state index in [1.807, 2.05) is 6.92 Å². The molecule has 0 bridgehead atoms. The van der Waals surface area contributed by atoms with Gasteiger partial charge in [-0.05, 0) is 20.4 Å². The number of anilines is 2. The van der Waals surface area contributed by atoms with Crippen molar-refractivity contribution in [3.63, 3.8) is 0 Å². The van der Waals surface area contributed by atoms with Gasteiger partial charge >= 0.3 is 0 Å². The molecule has 0 spiro atoms. The van der Waals surface area contributed by atoms with E-state index in [-0.39, 0.29) is 0 Å². The first-order chi connectivity index (χ1) is 8.13. The summed E-state index contributed by atoms with van der Waals surface area (Å²) in [6.45, 7) is 9.36. The molecule has 96 valence electrons. The molecule has 0 unspecified atom stereocenters. The van der Waals surface area contributed by atoms with Crippen molar-refractivity contribution in [2.24, 2.45) is 0 Å². The van der Waals surface area contributed by atoms with E-state index >= 15 is 0 Å². The van der Waals surface area contributed by atoms with Crippen molar-refractivity contribution in [3.8, 4) is 0 Å². The lowest BCUT2D eigenvalue weighted by Gasteiger charge is -2.34. The zero-order valence-electron chi connectivity index (χ0n) is 11.1. The fourth-order valence-corrected chi connectivity index (χ4v) is 2.30. The van der Waals surface area contributed by atoms with Gasteiger partial charge in [0.2, 0.25) is 0 Å². The lowest BCUT2D eigenvalue weighted by atomic mass is 10.3. The number of nitrogens with zero attached hydrogens (tertiary/aromatic N) is 4. The highest BCUT2D eigenvalue weighted by molar-refractivity contribution is 5.66. The van der Waals surface area contributed by atoms with Crippen molar-refractivity contribution >= 4 is 11.5 Å². The molecule has 1 aromatic heterocycles. The number of aryl methyl sites for hydroxylation is 2. The van der Waals surface area contributed by atoms with Crippen molar-refractivity contribution in [1.29, 1.82) is 0 Å². The fraction of sp³-hybridized carbons (Fsp3) is 0.750. The van der Waals surface area contributed by atoms with Gasteiger partial charge in [-0.3, -0.25) is 0 Å². The van der Waals surface area contributed by atoms with Crippen LogP contribution in [-0.2, 0) is 6.54 Å². The van der Waals surface area contributed by atoms with Gasteiger partial charge in [0.1, 0.15) is 0 Å². The van der Waals surface area contributed by atoms with E-state index in [4.69, 9.17) is 5.73 Å². The molecule has 5 heteroatoms. The SMILES string of the molecule is CCCn1nc(C)c(N)c1N1CCN(C)CC1. The third-order valence-electron chi connectivity index (χ3n) is 3.38. The number of likely N-dealkylation sites (N-methyl/N-ethyl adjacent to an activating group) is 1. The van der Waals surface area contributed by atoms with Crippen LogP contribution in [0.15, 0.2) is 0 Å². The van der Waals surface area contributed by atoms with Gasteiger partial charge in [0.05, 0.1) is 11.4 Å². The van der Waals surface area contributed by atoms with Gasteiger partial charge in [-0.15, -0.1) is 0 Å². The molecule has 2 rings (SSSR count). The number of aromatic nitrogens is 2. The van der Waals surface area contributed by atoms with E-state index in [1.54, 1.807) is 0 Å². The van der Waals surface area contributed by atoms with Crippen molar-refractivity contribution in [2.45, 2.75) is 26.8 Å². The highest BCUT2D eigenvalue weighted by Gasteiger charge is 2.21. The Bertz CT molecular complexity index is 376. The standard InChI is InChI=1S/C12H23N5/c1-4-5-17-12(11(13)10(2)14-17)16-8-6-15(3)7-9-16/h4-9,13H2,1-3H3. The van der Waals surface area contributed by atoms with Crippen LogP contribution in [0.3, 0.4) is 0 Å². The topological polar surface area (TPSA) is 50.3 Å². The normalized spacial score (nSPS) is 17.7. The summed E-state index contributed by atoms with van der Waals surface area (Å²) in [5.74, 6) is 1.12. The van der Waals surface area contributed by atoms with E-state index in [0.717, 1.165) is 56.3 Å². The third-order valence-corrected chi connectivity index (χ3v) is 3.38. The molecule has 0 radical (unpaired) electrons. The summed E-state index contributed by atoms with van der Waals surface area (Å²) in [7, 11) is 2.16. The summed E-state index contributed by atoms with van der Waals surface area (Å²) in [6, 6.07) is 0. The smallest absolute Gasteiger partial charge is 0.150 e. The molecule has 5 nitrogen and oxygen atoms in total. The lowest BCUT2D eigenvalue weighted by Crippen LogP contribution is -2.45. The predicted octanol–water partition coefficient (Wildman–Crippen LogP) is 0.936. The molecule has 0 aromatic carbocycles. The second-order valence-electron chi connectivity index (χ2n) is 4.84. The maximum atomic E-state index is 6.16. The maximum Gasteiger partial charge on any atom is 0.150 e. The average molecular weight is 237 g/mol. The van der Waals surface area contributed by atoms with Gasteiger partial charge in [0, 0.05) is 32.7 Å². The Balaban J connectivity index is 2.23. The van der Waals surface area contributed by atoms with Crippen LogP contribution in [0, 0.1) is 6.92 Å². The minimum atomic E-state index is 0.850. The van der Waals surface area contributed by atoms with Gasteiger partial charge in [-0.25, -0.2) is 4.68 Å². The predicted molar refractivity (Wildman–Crippen MR) is 71.4 cm³/mol. The summed E-state index contributed by atoms with van der Waals surface area (Å²) in [4.78, 5) is 4.71. The Morgan fingerprint density at radius 3 is 2.47 bits per heavy atom. The van der Waals surface area contributed by atoms with E-state index in [1.165, 1.54) is 0 Å². The lowest BCUT2D eigenvalue weighted by molar-refractivity contribution is 0.310. The van der Waals surface area contributed by atoms with Crippen LogP contribution >= 0.6 is 0 Å². The van der Waals surface area contributed by atoms with Crippen LogP contribution in [0.2, 0.25) is 0 Å². The first-order valence-electron chi connectivity index (χ1n) is 6.39. The summed E-state index contributed by atoms with van der Waals surface area (Å²) in [5, 5.41) is 4.53. The summed E-state index contributed by atoms with van der Waals surface area (Å²) in [5.41, 5.74) is 7.96. The van der Waals surface area contributed by atoms with Crippen LogP contribution in [0.4, 0.5) is 11.5 Å². The molecule has 17 heavy (non-hydrogen) atoms. The monoisotopic (exact) mass is 237 g/mol. The minimum absolute atomic E-state index is 0.850. The molecule has 2 N–H and O–H groups in total. The molecule has 2 heterocycles. The number of hydrogen-bond acceptors (Lipinski definition) is 4. The molecule has 0 saturated carbocycles. The third kappa shape index (κ3) is 2.39. The number of nitrogen functional groups attached to an aromatic ring is 1. The fourth-order valence-electron chi connectivity index (χ4n) is 2.30. The number of nitrogens with two attached hydrogens (primary N) is 1. The van der Waals surface area contributed by atoms with E-state index in [2.05, 4.69) is 33.6 Å². The first kappa shape index (κ1) is 12.2. The van der Waals surface area contributed by atoms with Crippen LogP contribution in [-0.4, -0.2) is 47.9 Å². The Morgan fingerprint density at radius 1 is 1.24 bits per heavy atom. The molecule has 1 aliphatic heterocycles. The van der Waals surface area contributed by atoms with Crippen LogP contribution in [0.25, 0.3) is 0 Å². The molecule has 1 aliphatic rings. The minimum Gasteiger partial charge on any atom is -0.394 e. The molecule has 0 atom stereocenters. The Labute approximate surface area is 103 Å².